The maximum Gasteiger partial charge on any atom is 0.160 e. The summed E-state index contributed by atoms with van der Waals surface area (Å²) in [5, 5.41) is 13.1. The summed E-state index contributed by atoms with van der Waals surface area (Å²) >= 11 is 2.04. The van der Waals surface area contributed by atoms with E-state index in [9.17, 15) is 5.11 Å². The third-order valence-corrected chi connectivity index (χ3v) is 4.47. The van der Waals surface area contributed by atoms with Crippen LogP contribution < -0.4 is 10.1 Å². The summed E-state index contributed by atoms with van der Waals surface area (Å²) in [4.78, 5) is 0. The molecule has 2 N–H and O–H groups in total. The first kappa shape index (κ1) is 13.6. The molecule has 0 saturated carbocycles. The van der Waals surface area contributed by atoms with Crippen LogP contribution in [0.2, 0.25) is 0 Å². The van der Waals surface area contributed by atoms with Gasteiger partial charge in [0.25, 0.3) is 0 Å². The van der Waals surface area contributed by atoms with Gasteiger partial charge < -0.3 is 15.2 Å². The monoisotopic (exact) mass is 267 g/mol. The van der Waals surface area contributed by atoms with Crippen molar-refractivity contribution in [3.05, 3.63) is 23.8 Å². The van der Waals surface area contributed by atoms with Gasteiger partial charge in [-0.2, -0.15) is 11.8 Å². The minimum absolute atomic E-state index is 0.206. The molecule has 0 spiro atoms. The van der Waals surface area contributed by atoms with E-state index < -0.39 is 0 Å². The highest BCUT2D eigenvalue weighted by molar-refractivity contribution is 7.99. The van der Waals surface area contributed by atoms with Crippen molar-refractivity contribution in [1.29, 1.82) is 0 Å². The van der Waals surface area contributed by atoms with Crippen molar-refractivity contribution in [2.45, 2.75) is 25.3 Å². The Morgan fingerprint density at radius 3 is 3.11 bits per heavy atom. The summed E-state index contributed by atoms with van der Waals surface area (Å²) in [7, 11) is 1.58. The van der Waals surface area contributed by atoms with Crippen molar-refractivity contribution >= 4 is 11.8 Å². The smallest absolute Gasteiger partial charge is 0.160 e. The average molecular weight is 267 g/mol. The minimum Gasteiger partial charge on any atom is -0.504 e. The average Bonchev–Trinajstić information content (AvgIpc) is 2.42. The molecule has 0 amide bonds. The van der Waals surface area contributed by atoms with Gasteiger partial charge >= 0.3 is 0 Å². The van der Waals surface area contributed by atoms with Crippen LogP contribution in [-0.4, -0.2) is 36.3 Å². The first-order valence-corrected chi connectivity index (χ1v) is 7.62. The second-order valence-corrected chi connectivity index (χ2v) is 5.77. The van der Waals surface area contributed by atoms with Crippen LogP contribution in [0, 0.1) is 0 Å². The molecule has 1 aromatic carbocycles. The highest BCUT2D eigenvalue weighted by atomic mass is 32.2. The molecule has 1 aliphatic rings. The lowest BCUT2D eigenvalue weighted by Crippen LogP contribution is -2.35. The zero-order valence-electron chi connectivity index (χ0n) is 10.8. The Balaban J connectivity index is 1.79. The van der Waals surface area contributed by atoms with Gasteiger partial charge in [0, 0.05) is 11.8 Å². The van der Waals surface area contributed by atoms with E-state index in [0.29, 0.717) is 11.8 Å². The van der Waals surface area contributed by atoms with Gasteiger partial charge in [-0.3, -0.25) is 0 Å². The number of benzene rings is 1. The molecule has 0 bridgehead atoms. The number of hydrogen-bond acceptors (Lipinski definition) is 4. The fourth-order valence-electron chi connectivity index (χ4n) is 2.20. The van der Waals surface area contributed by atoms with Gasteiger partial charge in [-0.25, -0.2) is 0 Å². The van der Waals surface area contributed by atoms with Gasteiger partial charge in [0.05, 0.1) is 7.11 Å². The molecular weight excluding hydrogens is 246 g/mol. The molecule has 2 rings (SSSR count). The van der Waals surface area contributed by atoms with E-state index in [0.717, 1.165) is 13.0 Å². The number of rotatable bonds is 5. The first-order valence-electron chi connectivity index (χ1n) is 6.46. The third-order valence-electron chi connectivity index (χ3n) is 3.25. The quantitative estimate of drug-likeness (QED) is 0.860. The van der Waals surface area contributed by atoms with Gasteiger partial charge in [-0.15, -0.1) is 0 Å². The number of hydrogen-bond donors (Lipinski definition) is 2. The summed E-state index contributed by atoms with van der Waals surface area (Å²) in [6, 6.07) is 6.23. The van der Waals surface area contributed by atoms with E-state index in [-0.39, 0.29) is 5.75 Å². The highest BCUT2D eigenvalue weighted by Gasteiger charge is 2.12. The Morgan fingerprint density at radius 2 is 2.39 bits per heavy atom. The molecule has 1 aromatic rings. The maximum atomic E-state index is 9.52. The SMILES string of the molecule is COc1cc(CCN[C@@H]2CCCSC2)ccc1O. The molecule has 1 atom stereocenters. The van der Waals surface area contributed by atoms with Crippen LogP contribution in [0.4, 0.5) is 0 Å². The molecule has 4 heteroatoms. The lowest BCUT2D eigenvalue weighted by Gasteiger charge is -2.22. The van der Waals surface area contributed by atoms with Gasteiger partial charge in [0.2, 0.25) is 0 Å². The van der Waals surface area contributed by atoms with Crippen molar-refractivity contribution in [2.75, 3.05) is 25.2 Å². The minimum atomic E-state index is 0.206. The lowest BCUT2D eigenvalue weighted by atomic mass is 10.1. The zero-order valence-corrected chi connectivity index (χ0v) is 11.6. The summed E-state index contributed by atoms with van der Waals surface area (Å²) in [5.74, 6) is 3.31. The van der Waals surface area contributed by atoms with Gasteiger partial charge in [-0.1, -0.05) is 6.07 Å². The number of thioether (sulfide) groups is 1. The predicted octanol–water partition coefficient (Wildman–Crippen LogP) is 2.43. The number of phenolic OH excluding ortho intramolecular Hbond substituents is 1. The fourth-order valence-corrected chi connectivity index (χ4v) is 3.31. The van der Waals surface area contributed by atoms with Crippen LogP contribution in [0.25, 0.3) is 0 Å². The van der Waals surface area contributed by atoms with Gasteiger partial charge in [-0.05, 0) is 49.3 Å². The second kappa shape index (κ2) is 6.90. The lowest BCUT2D eigenvalue weighted by molar-refractivity contribution is 0.373. The van der Waals surface area contributed by atoms with E-state index >= 15 is 0 Å². The number of ether oxygens (including phenoxy) is 1. The van der Waals surface area contributed by atoms with Crippen LogP contribution in [0.15, 0.2) is 18.2 Å². The van der Waals surface area contributed by atoms with Crippen molar-refractivity contribution in [3.63, 3.8) is 0 Å². The Labute approximate surface area is 113 Å². The van der Waals surface area contributed by atoms with Crippen LogP contribution >= 0.6 is 11.8 Å². The molecule has 3 nitrogen and oxygen atoms in total. The van der Waals surface area contributed by atoms with E-state index in [1.54, 1.807) is 13.2 Å². The summed E-state index contributed by atoms with van der Waals surface area (Å²) < 4.78 is 5.11. The molecule has 1 fully saturated rings. The summed E-state index contributed by atoms with van der Waals surface area (Å²) in [6.45, 7) is 0.985. The van der Waals surface area contributed by atoms with Crippen molar-refractivity contribution in [1.82, 2.24) is 5.32 Å². The van der Waals surface area contributed by atoms with Crippen LogP contribution in [0.5, 0.6) is 11.5 Å². The zero-order chi connectivity index (χ0) is 12.8. The van der Waals surface area contributed by atoms with E-state index in [2.05, 4.69) is 5.32 Å². The van der Waals surface area contributed by atoms with E-state index in [1.807, 2.05) is 23.9 Å². The van der Waals surface area contributed by atoms with Crippen molar-refractivity contribution < 1.29 is 9.84 Å². The number of methoxy groups -OCH3 is 1. The number of phenols is 1. The summed E-state index contributed by atoms with van der Waals surface area (Å²) in [6.07, 6.45) is 3.60. The maximum absolute atomic E-state index is 9.52. The Kier molecular flexibility index (Phi) is 5.20. The number of nitrogens with one attached hydrogen (secondary N) is 1. The molecule has 1 aliphatic heterocycles. The fraction of sp³-hybridized carbons (Fsp3) is 0.571. The Bertz CT molecular complexity index is 378. The molecule has 0 unspecified atom stereocenters. The molecule has 0 aromatic heterocycles. The van der Waals surface area contributed by atoms with Crippen molar-refractivity contribution in [2.24, 2.45) is 0 Å². The van der Waals surface area contributed by atoms with Gasteiger partial charge in [0.1, 0.15) is 0 Å². The Morgan fingerprint density at radius 1 is 1.50 bits per heavy atom. The molecule has 0 aliphatic carbocycles. The molecular formula is C14H21NO2S. The normalized spacial score (nSPS) is 19.7. The van der Waals surface area contributed by atoms with Crippen LogP contribution in [-0.2, 0) is 6.42 Å². The third kappa shape index (κ3) is 3.82. The largest absolute Gasteiger partial charge is 0.504 e. The molecule has 18 heavy (non-hydrogen) atoms. The van der Waals surface area contributed by atoms with Crippen LogP contribution in [0.1, 0.15) is 18.4 Å². The number of aromatic hydroxyl groups is 1. The second-order valence-electron chi connectivity index (χ2n) is 4.62. The highest BCUT2D eigenvalue weighted by Crippen LogP contribution is 2.26. The molecule has 0 radical (unpaired) electrons. The predicted molar refractivity (Wildman–Crippen MR) is 76.7 cm³/mol. The molecule has 100 valence electrons. The Hall–Kier alpha value is -0.870. The van der Waals surface area contributed by atoms with Gasteiger partial charge in [0.15, 0.2) is 11.5 Å². The van der Waals surface area contributed by atoms with Crippen molar-refractivity contribution in [3.8, 4) is 11.5 Å². The first-order chi connectivity index (χ1) is 8.79. The van der Waals surface area contributed by atoms with E-state index in [1.165, 1.54) is 29.9 Å². The van der Waals surface area contributed by atoms with Crippen LogP contribution in [0.3, 0.4) is 0 Å². The molecule has 1 heterocycles. The summed E-state index contributed by atoms with van der Waals surface area (Å²) in [5.41, 5.74) is 1.20. The van der Waals surface area contributed by atoms with E-state index in [4.69, 9.17) is 4.74 Å². The topological polar surface area (TPSA) is 41.5 Å². The molecule has 1 saturated heterocycles. The standard InChI is InChI=1S/C14H21NO2S/c1-17-14-9-11(4-5-13(14)16)6-7-15-12-3-2-8-18-10-12/h4-5,9,12,15-16H,2-3,6-8,10H2,1H3/t12-/m1/s1.